The van der Waals surface area contributed by atoms with Crippen molar-refractivity contribution in [2.45, 2.75) is 59.0 Å². The van der Waals surface area contributed by atoms with Crippen molar-refractivity contribution in [2.24, 2.45) is 5.92 Å². The van der Waals surface area contributed by atoms with E-state index in [0.717, 1.165) is 25.8 Å². The lowest BCUT2D eigenvalue weighted by molar-refractivity contribution is -0.124. The zero-order valence-corrected chi connectivity index (χ0v) is 13.0. The van der Waals surface area contributed by atoms with Gasteiger partial charge in [-0.3, -0.25) is 8.32 Å². The van der Waals surface area contributed by atoms with Crippen molar-refractivity contribution in [3.63, 3.8) is 0 Å². The van der Waals surface area contributed by atoms with E-state index in [1.54, 1.807) is 0 Å². The van der Waals surface area contributed by atoms with E-state index in [-0.39, 0.29) is 12.0 Å². The summed E-state index contributed by atoms with van der Waals surface area (Å²) in [6.45, 7) is 9.15. The minimum atomic E-state index is 0.0363. The summed E-state index contributed by atoms with van der Waals surface area (Å²) in [7, 11) is 0. The topological polar surface area (TPSA) is 41.1 Å². The van der Waals surface area contributed by atoms with Crippen molar-refractivity contribution >= 4 is 28.6 Å². The Kier molecular flexibility index (Phi) is 9.55. The van der Waals surface area contributed by atoms with Crippen LogP contribution in [0.15, 0.2) is 0 Å². The second-order valence-electron chi connectivity index (χ2n) is 4.81. The highest BCUT2D eigenvalue weighted by atomic mass is 127. The van der Waals surface area contributed by atoms with E-state index in [1.807, 2.05) is 13.8 Å². The third kappa shape index (κ3) is 7.57. The maximum absolute atomic E-state index is 12.0. The van der Waals surface area contributed by atoms with E-state index in [1.165, 1.54) is 0 Å². The number of Topliss-reactive ketones (excluding diaryl/α,β-unsaturated/α-hetero) is 1. The first-order valence-corrected chi connectivity index (χ1v) is 7.20. The highest BCUT2D eigenvalue weighted by Crippen LogP contribution is 2.08. The summed E-state index contributed by atoms with van der Waals surface area (Å²) in [6.07, 6.45) is 3.18. The van der Waals surface area contributed by atoms with Gasteiger partial charge in [0.05, 0.1) is 6.04 Å². The second kappa shape index (κ2) is 9.36. The molecule has 4 heteroatoms. The van der Waals surface area contributed by atoms with Crippen LogP contribution in [-0.2, 0) is 4.79 Å². The van der Waals surface area contributed by atoms with Gasteiger partial charge in [0.2, 0.25) is 0 Å². The van der Waals surface area contributed by atoms with Gasteiger partial charge in [0.25, 0.3) is 0 Å². The van der Waals surface area contributed by atoms with Gasteiger partial charge < -0.3 is 5.32 Å². The number of hydrogen-bond donors (Lipinski definition) is 2. The molecule has 0 fully saturated rings. The Morgan fingerprint density at radius 2 is 1.81 bits per heavy atom. The van der Waals surface area contributed by atoms with Gasteiger partial charge in [-0.25, -0.2) is 0 Å². The average molecular weight is 340 g/mol. The number of hydrogen-bond acceptors (Lipinski definition) is 3. The quantitative estimate of drug-likeness (QED) is 0.385. The van der Waals surface area contributed by atoms with Crippen LogP contribution in [0.1, 0.15) is 47.0 Å². The van der Waals surface area contributed by atoms with Crippen molar-refractivity contribution in [1.29, 1.82) is 0 Å². The summed E-state index contributed by atoms with van der Waals surface area (Å²) in [5.41, 5.74) is 0. The molecule has 16 heavy (non-hydrogen) atoms. The van der Waals surface area contributed by atoms with Crippen LogP contribution >= 0.6 is 22.9 Å². The first kappa shape index (κ1) is 16.3. The lowest BCUT2D eigenvalue weighted by Crippen LogP contribution is -2.42. The van der Waals surface area contributed by atoms with Crippen molar-refractivity contribution in [2.75, 3.05) is 6.54 Å². The maximum Gasteiger partial charge on any atom is 0.152 e. The highest BCUT2D eigenvalue weighted by Gasteiger charge is 2.20. The number of nitrogens with one attached hydrogen (secondary N) is 2. The molecule has 0 aromatic heterocycles. The van der Waals surface area contributed by atoms with E-state index >= 15 is 0 Å². The molecule has 0 aliphatic heterocycles. The normalized spacial score (nSPS) is 13.4. The van der Waals surface area contributed by atoms with Crippen LogP contribution in [0.4, 0.5) is 0 Å². The zero-order chi connectivity index (χ0) is 12.6. The Labute approximate surface area is 114 Å². The fraction of sp³-hybridized carbons (Fsp3) is 0.917. The van der Waals surface area contributed by atoms with Crippen LogP contribution in [-0.4, -0.2) is 24.4 Å². The summed E-state index contributed by atoms with van der Waals surface area (Å²) >= 11 is 2.16. The lowest BCUT2D eigenvalue weighted by Gasteiger charge is -2.21. The third-order valence-corrected chi connectivity index (χ3v) is 3.00. The molecule has 2 N–H and O–H groups in total. The Bertz CT molecular complexity index is 195. The fourth-order valence-corrected chi connectivity index (χ4v) is 2.03. The molecule has 0 saturated carbocycles. The van der Waals surface area contributed by atoms with Gasteiger partial charge in [0, 0.05) is 41.4 Å². The summed E-state index contributed by atoms with van der Waals surface area (Å²) in [5.74, 6) is 0.468. The first-order chi connectivity index (χ1) is 7.49. The molecule has 0 bridgehead atoms. The van der Waals surface area contributed by atoms with Gasteiger partial charge in [0.15, 0.2) is 5.78 Å². The summed E-state index contributed by atoms with van der Waals surface area (Å²) in [4.78, 5) is 12.0. The largest absolute Gasteiger partial charge is 0.305 e. The molecule has 96 valence electrons. The van der Waals surface area contributed by atoms with E-state index in [0.29, 0.717) is 11.8 Å². The number of carbonyl (C=O) groups is 1. The third-order valence-electron chi connectivity index (χ3n) is 2.46. The molecule has 0 aliphatic rings. The van der Waals surface area contributed by atoms with Crippen molar-refractivity contribution in [3.8, 4) is 0 Å². The number of unbranched alkanes of at least 4 members (excludes halogenated alkanes) is 1. The summed E-state index contributed by atoms with van der Waals surface area (Å²) in [6, 6.07) is 0.407. The number of carbonyl (C=O) groups excluding carboxylic acids is 1. The standard InChI is InChI=1S/C12H25IN2O/c1-9(2)12(16)11(15-10(3)4)7-5-6-8-14-13/h9-11,14-15H,5-8H2,1-4H3. The molecule has 0 spiro atoms. The fourth-order valence-electron chi connectivity index (χ4n) is 1.65. The van der Waals surface area contributed by atoms with Crippen LogP contribution < -0.4 is 8.85 Å². The molecular weight excluding hydrogens is 315 g/mol. The smallest absolute Gasteiger partial charge is 0.152 e. The first-order valence-electron chi connectivity index (χ1n) is 6.12. The van der Waals surface area contributed by atoms with Gasteiger partial charge in [0.1, 0.15) is 0 Å². The highest BCUT2D eigenvalue weighted by molar-refractivity contribution is 14.1. The molecule has 0 aromatic carbocycles. The second-order valence-corrected chi connectivity index (χ2v) is 5.57. The van der Waals surface area contributed by atoms with Crippen molar-refractivity contribution in [3.05, 3.63) is 0 Å². The van der Waals surface area contributed by atoms with Crippen LogP contribution in [0.3, 0.4) is 0 Å². The van der Waals surface area contributed by atoms with Gasteiger partial charge >= 0.3 is 0 Å². The van der Waals surface area contributed by atoms with Crippen molar-refractivity contribution in [1.82, 2.24) is 8.85 Å². The van der Waals surface area contributed by atoms with E-state index < -0.39 is 0 Å². The van der Waals surface area contributed by atoms with Crippen LogP contribution in [0, 0.1) is 5.92 Å². The predicted molar refractivity (Wildman–Crippen MR) is 77.8 cm³/mol. The van der Waals surface area contributed by atoms with Gasteiger partial charge in [-0.05, 0) is 12.8 Å². The van der Waals surface area contributed by atoms with Crippen LogP contribution in [0.2, 0.25) is 0 Å². The van der Waals surface area contributed by atoms with Crippen LogP contribution in [0.5, 0.6) is 0 Å². The molecule has 1 unspecified atom stereocenters. The predicted octanol–water partition coefficient (Wildman–Crippen LogP) is 2.69. The van der Waals surface area contributed by atoms with E-state index in [2.05, 4.69) is 45.6 Å². The minimum Gasteiger partial charge on any atom is -0.305 e. The monoisotopic (exact) mass is 340 g/mol. The number of ketones is 1. The van der Waals surface area contributed by atoms with Gasteiger partial charge in [-0.1, -0.05) is 34.1 Å². The summed E-state index contributed by atoms with van der Waals surface area (Å²) < 4.78 is 3.10. The summed E-state index contributed by atoms with van der Waals surface area (Å²) in [5, 5.41) is 3.37. The number of halogens is 1. The Morgan fingerprint density at radius 1 is 1.19 bits per heavy atom. The molecule has 0 radical (unpaired) electrons. The zero-order valence-electron chi connectivity index (χ0n) is 10.8. The molecular formula is C12H25IN2O. The maximum atomic E-state index is 12.0. The molecule has 0 amide bonds. The molecule has 0 heterocycles. The number of rotatable bonds is 9. The van der Waals surface area contributed by atoms with Gasteiger partial charge in [-0.15, -0.1) is 0 Å². The Morgan fingerprint density at radius 3 is 2.25 bits per heavy atom. The molecule has 0 saturated heterocycles. The molecule has 1 atom stereocenters. The van der Waals surface area contributed by atoms with Gasteiger partial charge in [-0.2, -0.15) is 0 Å². The van der Waals surface area contributed by atoms with Crippen molar-refractivity contribution < 1.29 is 4.79 Å². The molecule has 0 aromatic rings. The minimum absolute atomic E-state index is 0.0363. The molecule has 0 rings (SSSR count). The average Bonchev–Trinajstić information content (AvgIpc) is 2.20. The lowest BCUT2D eigenvalue weighted by atomic mass is 9.96. The van der Waals surface area contributed by atoms with E-state index in [9.17, 15) is 4.79 Å². The molecule has 3 nitrogen and oxygen atoms in total. The SMILES string of the molecule is CC(C)NC(CCCCNI)C(=O)C(C)C. The van der Waals surface area contributed by atoms with Crippen LogP contribution in [0.25, 0.3) is 0 Å². The Hall–Kier alpha value is 0.320. The van der Waals surface area contributed by atoms with E-state index in [4.69, 9.17) is 0 Å². The Balaban J connectivity index is 4.05. The molecule has 0 aliphatic carbocycles.